The molecular weight excluding hydrogens is 316 g/mol. The number of halogens is 1. The van der Waals surface area contributed by atoms with Crippen LogP contribution in [0.3, 0.4) is 0 Å². The molecular formula is C16H17BrN2O. The summed E-state index contributed by atoms with van der Waals surface area (Å²) in [5, 5.41) is 2.88. The molecule has 2 aromatic carbocycles. The first-order valence-corrected chi connectivity index (χ1v) is 7.16. The molecule has 0 saturated carbocycles. The van der Waals surface area contributed by atoms with Gasteiger partial charge in [-0.25, -0.2) is 0 Å². The minimum atomic E-state index is -0.0576. The average Bonchev–Trinajstić information content (AvgIpc) is 2.39. The molecule has 0 aromatic heterocycles. The maximum atomic E-state index is 12.0. The van der Waals surface area contributed by atoms with Crippen LogP contribution in [0.2, 0.25) is 0 Å². The van der Waals surface area contributed by atoms with Crippen molar-refractivity contribution >= 4 is 33.2 Å². The number of hydrogen-bond acceptors (Lipinski definition) is 2. The number of nitrogens with two attached hydrogens (primary N) is 1. The number of benzene rings is 2. The molecule has 0 saturated heterocycles. The van der Waals surface area contributed by atoms with Gasteiger partial charge in [-0.3, -0.25) is 4.79 Å². The van der Waals surface area contributed by atoms with Crippen LogP contribution in [-0.4, -0.2) is 5.91 Å². The second-order valence-corrected chi connectivity index (χ2v) is 5.75. The number of amides is 1. The molecule has 20 heavy (non-hydrogen) atoms. The number of carbonyl (C=O) groups excluding carboxylic acids is 1. The van der Waals surface area contributed by atoms with Gasteiger partial charge >= 0.3 is 0 Å². The summed E-state index contributed by atoms with van der Waals surface area (Å²) >= 11 is 3.43. The van der Waals surface area contributed by atoms with Crippen LogP contribution in [0.25, 0.3) is 0 Å². The third-order valence-electron chi connectivity index (χ3n) is 3.12. The van der Waals surface area contributed by atoms with Gasteiger partial charge in [0.2, 0.25) is 5.91 Å². The number of aryl methyl sites for hydroxylation is 2. The van der Waals surface area contributed by atoms with Gasteiger partial charge in [0.15, 0.2) is 0 Å². The zero-order chi connectivity index (χ0) is 14.7. The Balaban J connectivity index is 2.08. The van der Waals surface area contributed by atoms with E-state index in [0.717, 1.165) is 15.6 Å². The van der Waals surface area contributed by atoms with Crippen LogP contribution < -0.4 is 11.1 Å². The number of rotatable bonds is 3. The van der Waals surface area contributed by atoms with Crippen LogP contribution in [0.4, 0.5) is 11.4 Å². The highest BCUT2D eigenvalue weighted by Gasteiger charge is 2.08. The Morgan fingerprint density at radius 2 is 1.85 bits per heavy atom. The Hall–Kier alpha value is -1.81. The third kappa shape index (κ3) is 3.61. The third-order valence-corrected chi connectivity index (χ3v) is 3.77. The van der Waals surface area contributed by atoms with Crippen molar-refractivity contribution in [3.05, 3.63) is 57.6 Å². The van der Waals surface area contributed by atoms with Crippen LogP contribution in [0.5, 0.6) is 0 Å². The quantitative estimate of drug-likeness (QED) is 0.839. The van der Waals surface area contributed by atoms with Gasteiger partial charge in [-0.15, -0.1) is 0 Å². The smallest absolute Gasteiger partial charge is 0.228 e. The maximum Gasteiger partial charge on any atom is 0.228 e. The number of carbonyl (C=O) groups is 1. The zero-order valence-corrected chi connectivity index (χ0v) is 13.1. The molecule has 0 radical (unpaired) electrons. The van der Waals surface area contributed by atoms with E-state index in [9.17, 15) is 4.79 Å². The van der Waals surface area contributed by atoms with Crippen LogP contribution in [0.15, 0.2) is 40.9 Å². The monoisotopic (exact) mass is 332 g/mol. The first-order valence-electron chi connectivity index (χ1n) is 6.36. The molecule has 2 aromatic rings. The number of hydrogen-bond donors (Lipinski definition) is 2. The fourth-order valence-corrected chi connectivity index (χ4v) is 2.43. The molecule has 3 nitrogen and oxygen atoms in total. The van der Waals surface area contributed by atoms with Crippen molar-refractivity contribution < 1.29 is 4.79 Å². The molecule has 3 N–H and O–H groups in total. The lowest BCUT2D eigenvalue weighted by atomic mass is 10.1. The van der Waals surface area contributed by atoms with Crippen molar-refractivity contribution in [1.29, 1.82) is 0 Å². The van der Waals surface area contributed by atoms with Crippen LogP contribution in [0.1, 0.15) is 16.7 Å². The molecule has 1 amide bonds. The Morgan fingerprint density at radius 1 is 1.20 bits per heavy atom. The van der Waals surface area contributed by atoms with Crippen LogP contribution in [-0.2, 0) is 11.2 Å². The molecule has 0 fully saturated rings. The second kappa shape index (κ2) is 6.09. The van der Waals surface area contributed by atoms with Crippen LogP contribution >= 0.6 is 15.9 Å². The largest absolute Gasteiger partial charge is 0.398 e. The standard InChI is InChI=1S/C16H17BrN2O/c1-10-3-5-12(6-4-10)8-16(20)19-15-9-14(18)11(2)7-13(15)17/h3-7,9H,8,18H2,1-2H3,(H,19,20). The van der Waals surface area contributed by atoms with Crippen molar-refractivity contribution in [2.75, 3.05) is 11.1 Å². The Kier molecular flexibility index (Phi) is 4.45. The summed E-state index contributed by atoms with van der Waals surface area (Å²) in [7, 11) is 0. The Morgan fingerprint density at radius 3 is 2.50 bits per heavy atom. The highest BCUT2D eigenvalue weighted by molar-refractivity contribution is 9.10. The zero-order valence-electron chi connectivity index (χ0n) is 11.5. The first-order chi connectivity index (χ1) is 9.45. The molecule has 0 unspecified atom stereocenters. The minimum Gasteiger partial charge on any atom is -0.398 e. The van der Waals surface area contributed by atoms with Gasteiger partial charge in [0.25, 0.3) is 0 Å². The predicted octanol–water partition coefficient (Wildman–Crippen LogP) is 3.83. The van der Waals surface area contributed by atoms with Crippen molar-refractivity contribution in [3.63, 3.8) is 0 Å². The predicted molar refractivity (Wildman–Crippen MR) is 86.8 cm³/mol. The lowest BCUT2D eigenvalue weighted by molar-refractivity contribution is -0.115. The van der Waals surface area contributed by atoms with E-state index in [1.54, 1.807) is 6.07 Å². The molecule has 0 bridgehead atoms. The molecule has 0 aliphatic heterocycles. The highest BCUT2D eigenvalue weighted by atomic mass is 79.9. The van der Waals surface area contributed by atoms with Gasteiger partial charge in [-0.05, 0) is 53.0 Å². The lowest BCUT2D eigenvalue weighted by Gasteiger charge is -2.10. The van der Waals surface area contributed by atoms with E-state index in [4.69, 9.17) is 5.73 Å². The summed E-state index contributed by atoms with van der Waals surface area (Å²) in [6, 6.07) is 11.6. The summed E-state index contributed by atoms with van der Waals surface area (Å²) in [6.07, 6.45) is 0.348. The topological polar surface area (TPSA) is 55.1 Å². The van der Waals surface area contributed by atoms with Crippen molar-refractivity contribution in [3.8, 4) is 0 Å². The lowest BCUT2D eigenvalue weighted by Crippen LogP contribution is -2.15. The Bertz CT molecular complexity index is 636. The van der Waals surface area contributed by atoms with Crippen molar-refractivity contribution in [2.45, 2.75) is 20.3 Å². The van der Waals surface area contributed by atoms with Gasteiger partial charge in [-0.2, -0.15) is 0 Å². The van der Waals surface area contributed by atoms with E-state index in [1.165, 1.54) is 5.56 Å². The number of nitrogen functional groups attached to an aromatic ring is 1. The van der Waals surface area contributed by atoms with Gasteiger partial charge in [0.05, 0.1) is 12.1 Å². The average molecular weight is 333 g/mol. The van der Waals surface area contributed by atoms with Gasteiger partial charge in [0, 0.05) is 10.2 Å². The van der Waals surface area contributed by atoms with Gasteiger partial charge < -0.3 is 11.1 Å². The molecule has 0 aliphatic carbocycles. The summed E-state index contributed by atoms with van der Waals surface area (Å²) in [5.41, 5.74) is 10.4. The molecule has 2 rings (SSSR count). The maximum absolute atomic E-state index is 12.0. The summed E-state index contributed by atoms with van der Waals surface area (Å²) in [4.78, 5) is 12.0. The minimum absolute atomic E-state index is 0.0576. The first kappa shape index (κ1) is 14.6. The van der Waals surface area contributed by atoms with Crippen molar-refractivity contribution in [1.82, 2.24) is 0 Å². The summed E-state index contributed by atoms with van der Waals surface area (Å²) < 4.78 is 0.835. The molecule has 104 valence electrons. The van der Waals surface area contributed by atoms with E-state index in [2.05, 4.69) is 21.2 Å². The summed E-state index contributed by atoms with van der Waals surface area (Å²) in [5.74, 6) is -0.0576. The molecule has 0 spiro atoms. The van der Waals surface area contributed by atoms with Gasteiger partial charge in [0.1, 0.15) is 0 Å². The SMILES string of the molecule is Cc1ccc(CC(=O)Nc2cc(N)c(C)cc2Br)cc1. The molecule has 0 atom stereocenters. The van der Waals surface area contributed by atoms with E-state index in [-0.39, 0.29) is 5.91 Å². The second-order valence-electron chi connectivity index (χ2n) is 4.90. The molecule has 4 heteroatoms. The molecule has 0 heterocycles. The molecule has 0 aliphatic rings. The van der Waals surface area contributed by atoms with Gasteiger partial charge in [-0.1, -0.05) is 29.8 Å². The van der Waals surface area contributed by atoms with E-state index >= 15 is 0 Å². The highest BCUT2D eigenvalue weighted by Crippen LogP contribution is 2.27. The fourth-order valence-electron chi connectivity index (χ4n) is 1.87. The van der Waals surface area contributed by atoms with Crippen LogP contribution in [0, 0.1) is 13.8 Å². The van der Waals surface area contributed by atoms with E-state index in [0.29, 0.717) is 17.8 Å². The van der Waals surface area contributed by atoms with Crippen molar-refractivity contribution in [2.24, 2.45) is 0 Å². The summed E-state index contributed by atoms with van der Waals surface area (Å²) in [6.45, 7) is 3.95. The fraction of sp³-hybridized carbons (Fsp3) is 0.188. The number of anilines is 2. The Labute approximate surface area is 127 Å². The van der Waals surface area contributed by atoms with E-state index in [1.807, 2.05) is 44.2 Å². The number of nitrogens with one attached hydrogen (secondary N) is 1. The van der Waals surface area contributed by atoms with E-state index < -0.39 is 0 Å². The normalized spacial score (nSPS) is 10.3.